The molecule has 0 atom stereocenters. The van der Waals surface area contributed by atoms with Crippen molar-refractivity contribution in [1.29, 1.82) is 0 Å². The molecule has 2 aromatic rings. The fourth-order valence-electron chi connectivity index (χ4n) is 3.28. The molecular weight excluding hydrogens is 360 g/mol. The molecule has 8 heteroatoms. The number of benzene rings is 1. The molecule has 2 amide bonds. The van der Waals surface area contributed by atoms with E-state index in [4.69, 9.17) is 9.47 Å². The molecule has 1 saturated carbocycles. The van der Waals surface area contributed by atoms with Gasteiger partial charge in [-0.2, -0.15) is 5.10 Å². The molecule has 0 radical (unpaired) electrons. The van der Waals surface area contributed by atoms with Crippen molar-refractivity contribution in [1.82, 2.24) is 15.1 Å². The Bertz CT molecular complexity index is 810. The molecule has 0 unspecified atom stereocenters. The van der Waals surface area contributed by atoms with Crippen molar-refractivity contribution < 1.29 is 19.1 Å². The molecule has 0 spiro atoms. The Labute approximate surface area is 164 Å². The number of esters is 1. The van der Waals surface area contributed by atoms with Crippen LogP contribution in [0.4, 0.5) is 10.6 Å². The summed E-state index contributed by atoms with van der Waals surface area (Å²) in [6.45, 7) is 2.35. The topological polar surface area (TPSA) is 94.5 Å². The second-order valence-corrected chi connectivity index (χ2v) is 6.69. The third-order valence-electron chi connectivity index (χ3n) is 4.77. The van der Waals surface area contributed by atoms with Crippen LogP contribution in [0.3, 0.4) is 0 Å². The van der Waals surface area contributed by atoms with Gasteiger partial charge in [-0.15, -0.1) is 0 Å². The van der Waals surface area contributed by atoms with E-state index in [9.17, 15) is 9.59 Å². The molecule has 1 fully saturated rings. The summed E-state index contributed by atoms with van der Waals surface area (Å²) >= 11 is 0. The number of rotatable bonds is 7. The van der Waals surface area contributed by atoms with Gasteiger partial charge in [-0.05, 0) is 37.5 Å². The van der Waals surface area contributed by atoms with E-state index in [-0.39, 0.29) is 24.0 Å². The van der Waals surface area contributed by atoms with Crippen molar-refractivity contribution in [3.63, 3.8) is 0 Å². The van der Waals surface area contributed by atoms with Gasteiger partial charge in [0.05, 0.1) is 19.8 Å². The maximum atomic E-state index is 12.3. The summed E-state index contributed by atoms with van der Waals surface area (Å²) in [5.41, 5.74) is 1.20. The molecule has 0 saturated heterocycles. The quantitative estimate of drug-likeness (QED) is 0.710. The normalized spacial score (nSPS) is 13.9. The summed E-state index contributed by atoms with van der Waals surface area (Å²) in [5.74, 6) is 0.486. The first-order valence-corrected chi connectivity index (χ1v) is 9.54. The molecule has 1 aromatic heterocycles. The lowest BCUT2D eigenvalue weighted by Crippen LogP contribution is -2.29. The highest BCUT2D eigenvalue weighted by atomic mass is 16.5. The summed E-state index contributed by atoms with van der Waals surface area (Å²) in [6.07, 6.45) is 6.00. The van der Waals surface area contributed by atoms with Crippen LogP contribution in [-0.2, 0) is 11.3 Å². The highest BCUT2D eigenvalue weighted by Crippen LogP contribution is 2.30. The van der Waals surface area contributed by atoms with Gasteiger partial charge in [0.2, 0.25) is 0 Å². The zero-order valence-corrected chi connectivity index (χ0v) is 16.2. The van der Waals surface area contributed by atoms with Gasteiger partial charge in [-0.1, -0.05) is 25.0 Å². The van der Waals surface area contributed by atoms with Crippen LogP contribution in [0, 0.1) is 0 Å². The van der Waals surface area contributed by atoms with E-state index >= 15 is 0 Å². The summed E-state index contributed by atoms with van der Waals surface area (Å²) in [4.78, 5) is 24.6. The maximum Gasteiger partial charge on any atom is 0.343 e. The van der Waals surface area contributed by atoms with Crippen LogP contribution < -0.4 is 15.4 Å². The van der Waals surface area contributed by atoms with Gasteiger partial charge >= 0.3 is 12.0 Å². The Kier molecular flexibility index (Phi) is 6.52. The van der Waals surface area contributed by atoms with Gasteiger partial charge in [-0.3, -0.25) is 10.00 Å². The molecule has 2 N–H and O–H groups in total. The molecule has 0 bridgehead atoms. The number of ether oxygens (including phenoxy) is 2. The zero-order chi connectivity index (χ0) is 19.9. The Hall–Kier alpha value is -3.03. The van der Waals surface area contributed by atoms with E-state index in [0.29, 0.717) is 6.54 Å². The predicted molar refractivity (Wildman–Crippen MR) is 105 cm³/mol. The van der Waals surface area contributed by atoms with E-state index in [1.807, 2.05) is 24.3 Å². The standard InChI is InChI=1S/C20H26N4O4/c1-3-28-19(25)17-13-24(15-6-4-5-7-15)23-18(17)22-20(26)21-12-14-8-10-16(27-2)11-9-14/h8-11,13,15H,3-7,12H2,1-2H3,(H2,21,22,23,26). The van der Waals surface area contributed by atoms with Gasteiger partial charge in [0, 0.05) is 12.7 Å². The van der Waals surface area contributed by atoms with Gasteiger partial charge < -0.3 is 14.8 Å². The lowest BCUT2D eigenvalue weighted by atomic mass is 10.2. The fourth-order valence-corrected chi connectivity index (χ4v) is 3.28. The number of carbonyl (C=O) groups excluding carboxylic acids is 2. The molecule has 8 nitrogen and oxygen atoms in total. The van der Waals surface area contributed by atoms with Crippen molar-refractivity contribution in [2.45, 2.75) is 45.2 Å². The number of methoxy groups -OCH3 is 1. The van der Waals surface area contributed by atoms with Gasteiger partial charge in [0.1, 0.15) is 11.3 Å². The van der Waals surface area contributed by atoms with Crippen LogP contribution in [0.15, 0.2) is 30.5 Å². The Balaban J connectivity index is 1.66. The summed E-state index contributed by atoms with van der Waals surface area (Å²) in [7, 11) is 1.60. The Morgan fingerprint density at radius 2 is 1.93 bits per heavy atom. The third kappa shape index (κ3) is 4.82. The minimum Gasteiger partial charge on any atom is -0.497 e. The zero-order valence-electron chi connectivity index (χ0n) is 16.2. The van der Waals surface area contributed by atoms with Crippen LogP contribution in [0.5, 0.6) is 5.75 Å². The predicted octanol–water partition coefficient (Wildman–Crippen LogP) is 3.51. The third-order valence-corrected chi connectivity index (χ3v) is 4.77. The van der Waals surface area contributed by atoms with E-state index in [1.54, 1.807) is 24.9 Å². The SMILES string of the molecule is CCOC(=O)c1cn(C2CCCC2)nc1NC(=O)NCc1ccc(OC)cc1. The van der Waals surface area contributed by atoms with Crippen molar-refractivity contribution in [2.75, 3.05) is 19.0 Å². The number of nitrogens with zero attached hydrogens (tertiary/aromatic N) is 2. The van der Waals surface area contributed by atoms with Crippen LogP contribution in [0.2, 0.25) is 0 Å². The molecule has 150 valence electrons. The number of carbonyl (C=O) groups is 2. The summed E-state index contributed by atoms with van der Waals surface area (Å²) < 4.78 is 12.0. The molecule has 0 aliphatic heterocycles. The van der Waals surface area contributed by atoms with Crippen LogP contribution in [-0.4, -0.2) is 35.5 Å². The van der Waals surface area contributed by atoms with Crippen molar-refractivity contribution in [3.05, 3.63) is 41.6 Å². The molecule has 28 heavy (non-hydrogen) atoms. The smallest absolute Gasteiger partial charge is 0.343 e. The first-order chi connectivity index (χ1) is 13.6. The van der Waals surface area contributed by atoms with Crippen LogP contribution in [0.25, 0.3) is 0 Å². The van der Waals surface area contributed by atoms with E-state index in [1.165, 1.54) is 0 Å². The van der Waals surface area contributed by atoms with Crippen molar-refractivity contribution >= 4 is 17.8 Å². The van der Waals surface area contributed by atoms with E-state index in [0.717, 1.165) is 37.0 Å². The van der Waals surface area contributed by atoms with Crippen molar-refractivity contribution in [3.8, 4) is 5.75 Å². The average molecular weight is 386 g/mol. The number of amides is 2. The number of hydrogen-bond donors (Lipinski definition) is 2. The highest BCUT2D eigenvalue weighted by Gasteiger charge is 2.24. The largest absolute Gasteiger partial charge is 0.497 e. The molecule has 1 aliphatic rings. The highest BCUT2D eigenvalue weighted by molar-refractivity contribution is 5.99. The molecule has 1 aliphatic carbocycles. The summed E-state index contributed by atoms with van der Waals surface area (Å²) in [5, 5.41) is 9.89. The lowest BCUT2D eigenvalue weighted by molar-refractivity contribution is 0.0527. The Morgan fingerprint density at radius 1 is 1.21 bits per heavy atom. The maximum absolute atomic E-state index is 12.3. The number of nitrogens with one attached hydrogen (secondary N) is 2. The van der Waals surface area contributed by atoms with Crippen LogP contribution in [0.1, 0.15) is 54.6 Å². The fraction of sp³-hybridized carbons (Fsp3) is 0.450. The van der Waals surface area contributed by atoms with Crippen molar-refractivity contribution in [2.24, 2.45) is 0 Å². The number of aromatic nitrogens is 2. The molecule has 3 rings (SSSR count). The minimum absolute atomic E-state index is 0.220. The van der Waals surface area contributed by atoms with Gasteiger partial charge in [0.25, 0.3) is 0 Å². The molecular formula is C20H26N4O4. The average Bonchev–Trinajstić information content (AvgIpc) is 3.37. The first kappa shape index (κ1) is 19.7. The summed E-state index contributed by atoms with van der Waals surface area (Å²) in [6, 6.07) is 7.23. The number of hydrogen-bond acceptors (Lipinski definition) is 5. The number of anilines is 1. The molecule has 1 heterocycles. The van der Waals surface area contributed by atoms with E-state index < -0.39 is 12.0 Å². The second-order valence-electron chi connectivity index (χ2n) is 6.69. The first-order valence-electron chi connectivity index (χ1n) is 9.54. The van der Waals surface area contributed by atoms with Gasteiger partial charge in [0.15, 0.2) is 5.82 Å². The Morgan fingerprint density at radius 3 is 2.57 bits per heavy atom. The number of urea groups is 1. The monoisotopic (exact) mass is 386 g/mol. The van der Waals surface area contributed by atoms with Crippen LogP contribution >= 0.6 is 0 Å². The second kappa shape index (κ2) is 9.25. The van der Waals surface area contributed by atoms with Gasteiger partial charge in [-0.25, -0.2) is 9.59 Å². The minimum atomic E-state index is -0.489. The lowest BCUT2D eigenvalue weighted by Gasteiger charge is -2.09. The molecule has 1 aromatic carbocycles. The van der Waals surface area contributed by atoms with E-state index in [2.05, 4.69) is 15.7 Å².